The number of pyridine rings is 1. The average molecular weight is 263 g/mol. The van der Waals surface area contributed by atoms with E-state index in [-0.39, 0.29) is 11.9 Å². The maximum Gasteiger partial charge on any atom is 0.270 e. The Labute approximate surface area is 113 Å². The Hall–Kier alpha value is -1.62. The first kappa shape index (κ1) is 13.8. The molecule has 1 heterocycles. The van der Waals surface area contributed by atoms with Gasteiger partial charge in [0.25, 0.3) is 5.91 Å². The Morgan fingerprint density at radius 1 is 1.37 bits per heavy atom. The molecular formula is C14H21N3O2. The standard InChI is InChI=1S/C14H21N3O2/c1-15-10-7-8-16-12(9-10)14(19)17-11-5-3-2-4-6-13(11)18/h7-9,11,13,18H,2-6H2,1H3,(H,15,16)(H,17,19). The first-order valence-corrected chi connectivity index (χ1v) is 6.83. The van der Waals surface area contributed by atoms with Crippen LogP contribution in [0.3, 0.4) is 0 Å². The number of aliphatic hydroxyl groups is 1. The summed E-state index contributed by atoms with van der Waals surface area (Å²) < 4.78 is 0. The Balaban J connectivity index is 2.02. The van der Waals surface area contributed by atoms with Gasteiger partial charge in [-0.3, -0.25) is 9.78 Å². The molecule has 104 valence electrons. The van der Waals surface area contributed by atoms with E-state index in [1.165, 1.54) is 0 Å². The summed E-state index contributed by atoms with van der Waals surface area (Å²) in [7, 11) is 1.80. The summed E-state index contributed by atoms with van der Waals surface area (Å²) in [5.74, 6) is -0.219. The molecule has 2 atom stereocenters. The van der Waals surface area contributed by atoms with Crippen LogP contribution < -0.4 is 10.6 Å². The molecule has 3 N–H and O–H groups in total. The van der Waals surface area contributed by atoms with Gasteiger partial charge in [-0.1, -0.05) is 19.3 Å². The van der Waals surface area contributed by atoms with Gasteiger partial charge in [-0.2, -0.15) is 0 Å². The summed E-state index contributed by atoms with van der Waals surface area (Å²) in [5.41, 5.74) is 1.23. The second-order valence-electron chi connectivity index (χ2n) is 4.97. The molecule has 0 radical (unpaired) electrons. The Bertz CT molecular complexity index is 436. The molecule has 19 heavy (non-hydrogen) atoms. The molecule has 1 aromatic rings. The minimum Gasteiger partial charge on any atom is -0.391 e. The molecule has 1 aliphatic rings. The second kappa shape index (κ2) is 6.52. The number of amides is 1. The van der Waals surface area contributed by atoms with Crippen molar-refractivity contribution in [3.05, 3.63) is 24.0 Å². The van der Waals surface area contributed by atoms with Gasteiger partial charge in [0.2, 0.25) is 0 Å². The van der Waals surface area contributed by atoms with Gasteiger partial charge in [0.1, 0.15) is 5.69 Å². The first-order valence-electron chi connectivity index (χ1n) is 6.83. The number of carbonyl (C=O) groups excluding carboxylic acids is 1. The van der Waals surface area contributed by atoms with Crippen LogP contribution >= 0.6 is 0 Å². The van der Waals surface area contributed by atoms with Crippen molar-refractivity contribution in [1.29, 1.82) is 0 Å². The molecule has 0 saturated heterocycles. The molecule has 2 rings (SSSR count). The third-order valence-corrected chi connectivity index (χ3v) is 3.58. The Kier molecular flexibility index (Phi) is 4.74. The topological polar surface area (TPSA) is 74.2 Å². The van der Waals surface area contributed by atoms with Crippen molar-refractivity contribution in [1.82, 2.24) is 10.3 Å². The van der Waals surface area contributed by atoms with Crippen molar-refractivity contribution >= 4 is 11.6 Å². The molecule has 5 heteroatoms. The second-order valence-corrected chi connectivity index (χ2v) is 4.97. The number of carbonyl (C=O) groups is 1. The first-order chi connectivity index (χ1) is 9.20. The van der Waals surface area contributed by atoms with Crippen LogP contribution in [0.15, 0.2) is 18.3 Å². The minimum absolute atomic E-state index is 0.157. The SMILES string of the molecule is CNc1ccnc(C(=O)NC2CCCCCC2O)c1. The highest BCUT2D eigenvalue weighted by molar-refractivity contribution is 5.93. The van der Waals surface area contributed by atoms with Crippen molar-refractivity contribution in [2.75, 3.05) is 12.4 Å². The fourth-order valence-corrected chi connectivity index (χ4v) is 2.41. The predicted molar refractivity (Wildman–Crippen MR) is 74.1 cm³/mol. The van der Waals surface area contributed by atoms with Gasteiger partial charge in [-0.15, -0.1) is 0 Å². The van der Waals surface area contributed by atoms with E-state index in [9.17, 15) is 9.90 Å². The van der Waals surface area contributed by atoms with Gasteiger partial charge in [-0.25, -0.2) is 0 Å². The van der Waals surface area contributed by atoms with E-state index < -0.39 is 6.10 Å². The molecule has 1 aliphatic carbocycles. The number of nitrogens with one attached hydrogen (secondary N) is 2. The summed E-state index contributed by atoms with van der Waals surface area (Å²) in [6.45, 7) is 0. The van der Waals surface area contributed by atoms with Gasteiger partial charge in [-0.05, 0) is 25.0 Å². The quantitative estimate of drug-likeness (QED) is 0.723. The molecule has 0 bridgehead atoms. The number of nitrogens with zero attached hydrogens (tertiary/aromatic N) is 1. The van der Waals surface area contributed by atoms with Crippen LogP contribution in [0.5, 0.6) is 0 Å². The minimum atomic E-state index is -0.445. The highest BCUT2D eigenvalue weighted by Crippen LogP contribution is 2.18. The van der Waals surface area contributed by atoms with Crippen molar-refractivity contribution in [3.8, 4) is 0 Å². The lowest BCUT2D eigenvalue weighted by Crippen LogP contribution is -2.42. The van der Waals surface area contributed by atoms with Crippen LogP contribution in [0.2, 0.25) is 0 Å². The molecule has 1 fully saturated rings. The molecule has 5 nitrogen and oxygen atoms in total. The number of rotatable bonds is 3. The van der Waals surface area contributed by atoms with Gasteiger partial charge >= 0.3 is 0 Å². The summed E-state index contributed by atoms with van der Waals surface area (Å²) in [6, 6.07) is 3.35. The zero-order valence-electron chi connectivity index (χ0n) is 11.2. The number of anilines is 1. The molecule has 1 aromatic heterocycles. The number of hydrogen-bond acceptors (Lipinski definition) is 4. The van der Waals surface area contributed by atoms with E-state index in [1.54, 1.807) is 25.4 Å². The lowest BCUT2D eigenvalue weighted by atomic mass is 10.1. The number of hydrogen-bond donors (Lipinski definition) is 3. The van der Waals surface area contributed by atoms with Crippen LogP contribution in [0, 0.1) is 0 Å². The van der Waals surface area contributed by atoms with Crippen LogP contribution in [0.25, 0.3) is 0 Å². The van der Waals surface area contributed by atoms with Crippen LogP contribution in [-0.4, -0.2) is 35.2 Å². The zero-order chi connectivity index (χ0) is 13.7. The third kappa shape index (κ3) is 3.67. The zero-order valence-corrected chi connectivity index (χ0v) is 11.2. The molecule has 0 aromatic carbocycles. The highest BCUT2D eigenvalue weighted by atomic mass is 16.3. The Morgan fingerprint density at radius 3 is 2.95 bits per heavy atom. The van der Waals surface area contributed by atoms with E-state index in [0.717, 1.165) is 37.8 Å². The largest absolute Gasteiger partial charge is 0.391 e. The fourth-order valence-electron chi connectivity index (χ4n) is 2.41. The molecule has 1 saturated carbocycles. The Morgan fingerprint density at radius 2 is 2.16 bits per heavy atom. The summed E-state index contributed by atoms with van der Waals surface area (Å²) in [5, 5.41) is 15.9. The van der Waals surface area contributed by atoms with Crippen molar-refractivity contribution in [3.63, 3.8) is 0 Å². The van der Waals surface area contributed by atoms with E-state index in [0.29, 0.717) is 5.69 Å². The average Bonchev–Trinajstić information content (AvgIpc) is 2.64. The van der Waals surface area contributed by atoms with E-state index in [1.807, 2.05) is 0 Å². The van der Waals surface area contributed by atoms with Crippen molar-refractivity contribution in [2.45, 2.75) is 44.2 Å². The number of aromatic nitrogens is 1. The van der Waals surface area contributed by atoms with E-state index in [2.05, 4.69) is 15.6 Å². The maximum atomic E-state index is 12.1. The molecular weight excluding hydrogens is 242 g/mol. The smallest absolute Gasteiger partial charge is 0.270 e. The van der Waals surface area contributed by atoms with Gasteiger partial charge < -0.3 is 15.7 Å². The monoisotopic (exact) mass is 263 g/mol. The molecule has 0 spiro atoms. The van der Waals surface area contributed by atoms with Gasteiger partial charge in [0, 0.05) is 18.9 Å². The predicted octanol–water partition coefficient (Wildman–Crippen LogP) is 1.55. The molecule has 2 unspecified atom stereocenters. The molecule has 0 aliphatic heterocycles. The fraction of sp³-hybridized carbons (Fsp3) is 0.571. The van der Waals surface area contributed by atoms with Gasteiger partial charge in [0.05, 0.1) is 12.1 Å². The van der Waals surface area contributed by atoms with E-state index in [4.69, 9.17) is 0 Å². The van der Waals surface area contributed by atoms with E-state index >= 15 is 0 Å². The number of aliphatic hydroxyl groups excluding tert-OH is 1. The molecule has 1 amide bonds. The van der Waals surface area contributed by atoms with Crippen LogP contribution in [-0.2, 0) is 0 Å². The lowest BCUT2D eigenvalue weighted by molar-refractivity contribution is 0.0814. The normalized spacial score (nSPS) is 23.5. The summed E-state index contributed by atoms with van der Waals surface area (Å²) in [4.78, 5) is 16.2. The third-order valence-electron chi connectivity index (χ3n) is 3.58. The van der Waals surface area contributed by atoms with Crippen molar-refractivity contribution < 1.29 is 9.90 Å². The summed E-state index contributed by atoms with van der Waals surface area (Å²) >= 11 is 0. The summed E-state index contributed by atoms with van der Waals surface area (Å²) in [6.07, 6.45) is 5.95. The highest BCUT2D eigenvalue weighted by Gasteiger charge is 2.23. The van der Waals surface area contributed by atoms with Gasteiger partial charge in [0.15, 0.2) is 0 Å². The van der Waals surface area contributed by atoms with Crippen LogP contribution in [0.4, 0.5) is 5.69 Å². The maximum absolute atomic E-state index is 12.1. The van der Waals surface area contributed by atoms with Crippen molar-refractivity contribution in [2.24, 2.45) is 0 Å². The van der Waals surface area contributed by atoms with Crippen LogP contribution in [0.1, 0.15) is 42.6 Å². The lowest BCUT2D eigenvalue weighted by Gasteiger charge is -2.21.